The Kier molecular flexibility index (Phi) is 2.33. The van der Waals surface area contributed by atoms with Gasteiger partial charge in [-0.2, -0.15) is 0 Å². The van der Waals surface area contributed by atoms with Crippen molar-refractivity contribution in [3.8, 4) is 0 Å². The van der Waals surface area contributed by atoms with Crippen molar-refractivity contribution in [1.29, 1.82) is 0 Å². The van der Waals surface area contributed by atoms with Gasteiger partial charge in [-0.3, -0.25) is 0 Å². The smallest absolute Gasteiger partial charge is 0.114 e. The summed E-state index contributed by atoms with van der Waals surface area (Å²) in [6, 6.07) is 5.63. The molecule has 6 heteroatoms. The Labute approximate surface area is 114 Å². The van der Waals surface area contributed by atoms with Crippen molar-refractivity contribution in [3.05, 3.63) is 23.2 Å². The van der Waals surface area contributed by atoms with Crippen LogP contribution in [0.4, 0.5) is 0 Å². The van der Waals surface area contributed by atoms with Gasteiger partial charge in [0.25, 0.3) is 0 Å². The van der Waals surface area contributed by atoms with Crippen LogP contribution in [0.3, 0.4) is 0 Å². The van der Waals surface area contributed by atoms with Gasteiger partial charge in [0.2, 0.25) is 0 Å². The monoisotopic (exact) mass is 276 g/mol. The van der Waals surface area contributed by atoms with E-state index in [1.54, 1.807) is 0 Å². The number of aromatic nitrogens is 3. The van der Waals surface area contributed by atoms with E-state index in [1.165, 1.54) is 6.42 Å². The molecule has 2 fully saturated rings. The van der Waals surface area contributed by atoms with Crippen LogP contribution in [0.2, 0.25) is 5.02 Å². The molecule has 0 radical (unpaired) electrons. The summed E-state index contributed by atoms with van der Waals surface area (Å²) >= 11 is 5.97. The fourth-order valence-electron chi connectivity index (χ4n) is 3.64. The number of halogens is 1. The second-order valence-electron chi connectivity index (χ2n) is 5.41. The van der Waals surface area contributed by atoms with Crippen LogP contribution in [0.15, 0.2) is 23.4 Å². The van der Waals surface area contributed by atoms with E-state index < -0.39 is 0 Å². The Morgan fingerprint density at radius 2 is 2.26 bits per heavy atom. The number of fused-ring (bicyclic) bond motifs is 3. The molecule has 0 amide bonds. The third-order valence-electron chi connectivity index (χ3n) is 4.45. The van der Waals surface area contributed by atoms with Crippen molar-refractivity contribution < 1.29 is 5.21 Å². The Hall–Kier alpha value is -1.62. The summed E-state index contributed by atoms with van der Waals surface area (Å²) in [6.07, 6.45) is 3.39. The largest absolute Gasteiger partial charge is 0.411 e. The number of rotatable bonds is 1. The first-order valence-corrected chi connectivity index (χ1v) is 6.88. The highest BCUT2D eigenvalue weighted by atomic mass is 35.5. The molecule has 98 valence electrons. The first-order valence-electron chi connectivity index (χ1n) is 6.50. The predicted molar refractivity (Wildman–Crippen MR) is 71.6 cm³/mol. The zero-order chi connectivity index (χ0) is 13.0. The lowest BCUT2D eigenvalue weighted by Crippen LogP contribution is -2.26. The third-order valence-corrected chi connectivity index (χ3v) is 4.69. The van der Waals surface area contributed by atoms with Gasteiger partial charge in [-0.1, -0.05) is 22.0 Å². The molecule has 2 aliphatic rings. The molecule has 19 heavy (non-hydrogen) atoms. The lowest BCUT2D eigenvalue weighted by molar-refractivity contribution is 0.305. The molecule has 3 unspecified atom stereocenters. The molecule has 2 bridgehead atoms. The SMILES string of the molecule is ON=C1C2CCC(C2)C1n1nnc2cc(Cl)ccc21. The van der Waals surface area contributed by atoms with Crippen LogP contribution in [0.1, 0.15) is 25.3 Å². The van der Waals surface area contributed by atoms with E-state index in [0.717, 1.165) is 29.6 Å². The highest BCUT2D eigenvalue weighted by Gasteiger charge is 2.47. The van der Waals surface area contributed by atoms with Gasteiger partial charge in [0.1, 0.15) is 5.52 Å². The zero-order valence-corrected chi connectivity index (χ0v) is 11.0. The van der Waals surface area contributed by atoms with Crippen LogP contribution >= 0.6 is 11.6 Å². The zero-order valence-electron chi connectivity index (χ0n) is 10.2. The van der Waals surface area contributed by atoms with E-state index in [4.69, 9.17) is 11.6 Å². The molecule has 1 aromatic heterocycles. The highest BCUT2D eigenvalue weighted by molar-refractivity contribution is 6.31. The molecule has 4 rings (SSSR count). The number of nitrogens with zero attached hydrogens (tertiary/aromatic N) is 4. The van der Waals surface area contributed by atoms with Gasteiger partial charge >= 0.3 is 0 Å². The van der Waals surface area contributed by atoms with Gasteiger partial charge in [-0.05, 0) is 43.4 Å². The number of hydrogen-bond donors (Lipinski definition) is 1. The molecule has 1 aromatic carbocycles. The van der Waals surface area contributed by atoms with E-state index in [-0.39, 0.29) is 6.04 Å². The molecule has 5 nitrogen and oxygen atoms in total. The second-order valence-corrected chi connectivity index (χ2v) is 5.84. The first kappa shape index (κ1) is 11.2. The molecule has 2 saturated carbocycles. The van der Waals surface area contributed by atoms with E-state index in [1.807, 2.05) is 22.9 Å². The maximum absolute atomic E-state index is 9.28. The van der Waals surface area contributed by atoms with E-state index in [9.17, 15) is 5.21 Å². The maximum Gasteiger partial charge on any atom is 0.114 e. The van der Waals surface area contributed by atoms with Crippen molar-refractivity contribution >= 4 is 28.3 Å². The molecular weight excluding hydrogens is 264 g/mol. The summed E-state index contributed by atoms with van der Waals surface area (Å²) in [5, 5.41) is 21.9. The Bertz CT molecular complexity index is 680. The first-order chi connectivity index (χ1) is 9.28. The lowest BCUT2D eigenvalue weighted by Gasteiger charge is -2.23. The van der Waals surface area contributed by atoms with Crippen molar-refractivity contribution in [2.45, 2.75) is 25.3 Å². The lowest BCUT2D eigenvalue weighted by atomic mass is 9.93. The van der Waals surface area contributed by atoms with Crippen molar-refractivity contribution in [2.24, 2.45) is 17.0 Å². The van der Waals surface area contributed by atoms with Gasteiger partial charge in [-0.15, -0.1) is 5.10 Å². The van der Waals surface area contributed by atoms with Crippen LogP contribution in [0.25, 0.3) is 11.0 Å². The van der Waals surface area contributed by atoms with Crippen LogP contribution < -0.4 is 0 Å². The molecule has 0 spiro atoms. The van der Waals surface area contributed by atoms with Gasteiger partial charge in [-0.25, -0.2) is 4.68 Å². The summed E-state index contributed by atoms with van der Waals surface area (Å²) in [7, 11) is 0. The molecule has 1 heterocycles. The van der Waals surface area contributed by atoms with Gasteiger partial charge in [0.15, 0.2) is 0 Å². The second kappa shape index (κ2) is 3.93. The molecule has 3 atom stereocenters. The fourth-order valence-corrected chi connectivity index (χ4v) is 3.81. The van der Waals surface area contributed by atoms with Crippen molar-refractivity contribution in [3.63, 3.8) is 0 Å². The highest BCUT2D eigenvalue weighted by Crippen LogP contribution is 2.49. The Morgan fingerprint density at radius 1 is 1.37 bits per heavy atom. The van der Waals surface area contributed by atoms with Crippen LogP contribution in [0.5, 0.6) is 0 Å². The van der Waals surface area contributed by atoms with Crippen molar-refractivity contribution in [2.75, 3.05) is 0 Å². The molecule has 1 N–H and O–H groups in total. The summed E-state index contributed by atoms with van der Waals surface area (Å²) in [4.78, 5) is 0. The van der Waals surface area contributed by atoms with Crippen LogP contribution in [-0.4, -0.2) is 25.9 Å². The molecule has 2 aromatic rings. The van der Waals surface area contributed by atoms with E-state index >= 15 is 0 Å². The number of oxime groups is 1. The average Bonchev–Trinajstić information content (AvgIpc) is 3.10. The summed E-state index contributed by atoms with van der Waals surface area (Å²) < 4.78 is 1.89. The summed E-state index contributed by atoms with van der Waals surface area (Å²) in [5.41, 5.74) is 2.59. The number of hydrogen-bond acceptors (Lipinski definition) is 4. The molecule has 2 aliphatic carbocycles. The predicted octanol–water partition coefficient (Wildman–Crippen LogP) is 2.89. The summed E-state index contributed by atoms with van der Waals surface area (Å²) in [5.74, 6) is 0.919. The van der Waals surface area contributed by atoms with Gasteiger partial charge in [0, 0.05) is 10.9 Å². The molecule has 0 saturated heterocycles. The van der Waals surface area contributed by atoms with E-state index in [0.29, 0.717) is 16.9 Å². The average molecular weight is 277 g/mol. The molecular formula is C13H13ClN4O. The third kappa shape index (κ3) is 1.51. The number of benzene rings is 1. The quantitative estimate of drug-likeness (QED) is 0.643. The Balaban J connectivity index is 1.86. The standard InChI is InChI=1S/C13H13ClN4O/c14-9-3-4-11-10(6-9)15-17-18(11)13-8-2-1-7(5-8)12(13)16-19/h3-4,6-8,13,19H,1-2,5H2. The van der Waals surface area contributed by atoms with Crippen molar-refractivity contribution in [1.82, 2.24) is 15.0 Å². The minimum absolute atomic E-state index is 0.0509. The minimum Gasteiger partial charge on any atom is -0.411 e. The summed E-state index contributed by atoms with van der Waals surface area (Å²) in [6.45, 7) is 0. The minimum atomic E-state index is 0.0509. The van der Waals surface area contributed by atoms with Gasteiger partial charge in [0.05, 0.1) is 17.3 Å². The maximum atomic E-state index is 9.28. The fraction of sp³-hybridized carbons (Fsp3) is 0.462. The van der Waals surface area contributed by atoms with Crippen LogP contribution in [0, 0.1) is 11.8 Å². The topological polar surface area (TPSA) is 63.3 Å². The van der Waals surface area contributed by atoms with Gasteiger partial charge < -0.3 is 5.21 Å². The van der Waals surface area contributed by atoms with Crippen LogP contribution in [-0.2, 0) is 0 Å². The van der Waals surface area contributed by atoms with E-state index in [2.05, 4.69) is 15.5 Å². The normalized spacial score (nSPS) is 31.6. The molecule has 0 aliphatic heterocycles. The Morgan fingerprint density at radius 3 is 3.11 bits per heavy atom.